The number of carbonyl (C=O) groups is 4. The molecule has 0 spiro atoms. The Morgan fingerprint density at radius 2 is 1.54 bits per heavy atom. The summed E-state index contributed by atoms with van der Waals surface area (Å²) in [6.45, 7) is 11.8. The fraction of sp³-hybridized carbons (Fsp3) is 0.644. The van der Waals surface area contributed by atoms with Crippen molar-refractivity contribution in [2.75, 3.05) is 67.2 Å². The Kier molecular flexibility index (Phi) is 20.6. The van der Waals surface area contributed by atoms with Crippen LogP contribution in [-0.2, 0) is 36.9 Å². The van der Waals surface area contributed by atoms with Crippen LogP contribution in [0.5, 0.6) is 0 Å². The van der Waals surface area contributed by atoms with Gasteiger partial charge in [-0.3, -0.25) is 29.0 Å². The maximum Gasteiger partial charge on any atom is 0.237 e. The molecule has 6 atom stereocenters. The smallest absolute Gasteiger partial charge is 0.237 e. The molecule has 312 valence electrons. The summed E-state index contributed by atoms with van der Waals surface area (Å²) < 4.78 is 5.70. The SMILES string of the molecule is COC(CC(=O)C(C)CCN1CCCC1C(CC(=O)N(CCc1ccccc1)Cc1ccccc1)SC)CN(C)C(=O)CC(C)CNC(=O)C(C(C)C)N(C)C. The van der Waals surface area contributed by atoms with E-state index in [-0.39, 0.29) is 65.0 Å². The standard InChI is InChI=1S/C45H71N5O5S/c1-33(2)44(47(5)6)45(54)46-30-34(3)27-42(52)48(7)32-38(55-8)28-40(51)35(4)22-25-49-24-16-21-39(49)41(56-9)29-43(53)50(31-37-19-14-11-15-20-37)26-23-36-17-12-10-13-18-36/h10-15,17-20,33-35,38-39,41,44H,16,21-32H2,1-9H3,(H,46,54). The van der Waals surface area contributed by atoms with Crippen LogP contribution in [0.2, 0.25) is 0 Å². The molecule has 10 nitrogen and oxygen atoms in total. The van der Waals surface area contributed by atoms with Crippen LogP contribution in [0, 0.1) is 17.8 Å². The first-order valence-electron chi connectivity index (χ1n) is 20.6. The first kappa shape index (κ1) is 47.1. The third kappa shape index (κ3) is 15.6. The van der Waals surface area contributed by atoms with Gasteiger partial charge in [0.2, 0.25) is 17.7 Å². The molecule has 3 amide bonds. The quantitative estimate of drug-likeness (QED) is 0.130. The van der Waals surface area contributed by atoms with Gasteiger partial charge in [0, 0.05) is 76.8 Å². The second-order valence-electron chi connectivity index (χ2n) is 16.5. The summed E-state index contributed by atoms with van der Waals surface area (Å²) >= 11 is 1.78. The number of amides is 3. The Bertz CT molecular complexity index is 1470. The van der Waals surface area contributed by atoms with Gasteiger partial charge in [0.25, 0.3) is 0 Å². The summed E-state index contributed by atoms with van der Waals surface area (Å²) in [5, 5.41) is 3.18. The number of nitrogens with one attached hydrogen (secondary N) is 1. The average molecular weight is 794 g/mol. The highest BCUT2D eigenvalue weighted by Crippen LogP contribution is 2.30. The van der Waals surface area contributed by atoms with Crippen LogP contribution in [0.15, 0.2) is 60.7 Å². The van der Waals surface area contributed by atoms with E-state index in [0.29, 0.717) is 39.0 Å². The lowest BCUT2D eigenvalue weighted by molar-refractivity contribution is -0.134. The molecule has 1 fully saturated rings. The lowest BCUT2D eigenvalue weighted by Gasteiger charge is -2.33. The minimum atomic E-state index is -0.395. The largest absolute Gasteiger partial charge is 0.379 e. The highest BCUT2D eigenvalue weighted by molar-refractivity contribution is 7.99. The number of ether oxygens (including phenoxy) is 1. The minimum Gasteiger partial charge on any atom is -0.379 e. The van der Waals surface area contributed by atoms with E-state index in [1.165, 1.54) is 5.56 Å². The van der Waals surface area contributed by atoms with Crippen molar-refractivity contribution in [3.8, 4) is 0 Å². The molecular weight excluding hydrogens is 723 g/mol. The summed E-state index contributed by atoms with van der Waals surface area (Å²) in [5.74, 6) is 0.256. The van der Waals surface area contributed by atoms with Crippen molar-refractivity contribution >= 4 is 35.3 Å². The van der Waals surface area contributed by atoms with Gasteiger partial charge in [-0.05, 0) is 82.1 Å². The number of thioether (sulfide) groups is 1. The van der Waals surface area contributed by atoms with Crippen LogP contribution in [0.4, 0.5) is 0 Å². The number of hydrogen-bond donors (Lipinski definition) is 1. The molecule has 0 bridgehead atoms. The van der Waals surface area contributed by atoms with Gasteiger partial charge in [-0.15, -0.1) is 0 Å². The van der Waals surface area contributed by atoms with Gasteiger partial charge in [0.05, 0.1) is 12.1 Å². The summed E-state index contributed by atoms with van der Waals surface area (Å²) in [5.41, 5.74) is 2.36. The van der Waals surface area contributed by atoms with Crippen molar-refractivity contribution in [2.24, 2.45) is 17.8 Å². The molecule has 6 unspecified atom stereocenters. The summed E-state index contributed by atoms with van der Waals surface area (Å²) in [6.07, 6.45) is 6.44. The van der Waals surface area contributed by atoms with Gasteiger partial charge in [0.15, 0.2) is 0 Å². The van der Waals surface area contributed by atoms with Crippen LogP contribution >= 0.6 is 11.8 Å². The molecule has 0 saturated carbocycles. The van der Waals surface area contributed by atoms with E-state index >= 15 is 0 Å². The number of nitrogens with zero attached hydrogens (tertiary/aromatic N) is 4. The number of likely N-dealkylation sites (N-methyl/N-ethyl adjacent to an activating group) is 2. The Morgan fingerprint density at radius 1 is 0.893 bits per heavy atom. The number of ketones is 1. The molecular formula is C45H71N5O5S. The van der Waals surface area contributed by atoms with E-state index in [4.69, 9.17) is 4.74 Å². The fourth-order valence-corrected chi connectivity index (χ4v) is 8.78. The van der Waals surface area contributed by atoms with Crippen LogP contribution in [-0.4, -0.2) is 134 Å². The van der Waals surface area contributed by atoms with Gasteiger partial charge < -0.3 is 19.9 Å². The van der Waals surface area contributed by atoms with E-state index in [1.807, 2.05) is 88.0 Å². The molecule has 1 N–H and O–H groups in total. The number of likely N-dealkylation sites (tertiary alicyclic amines) is 1. The van der Waals surface area contributed by atoms with Crippen molar-refractivity contribution in [3.63, 3.8) is 0 Å². The van der Waals surface area contributed by atoms with E-state index in [0.717, 1.165) is 44.3 Å². The van der Waals surface area contributed by atoms with E-state index in [1.54, 1.807) is 30.8 Å². The van der Waals surface area contributed by atoms with Gasteiger partial charge in [-0.25, -0.2) is 0 Å². The predicted octanol–water partition coefficient (Wildman–Crippen LogP) is 6.03. The van der Waals surface area contributed by atoms with Crippen molar-refractivity contribution in [3.05, 3.63) is 71.8 Å². The summed E-state index contributed by atoms with van der Waals surface area (Å²) in [4.78, 5) is 61.3. The third-order valence-electron chi connectivity index (χ3n) is 11.3. The van der Waals surface area contributed by atoms with Crippen molar-refractivity contribution in [1.29, 1.82) is 0 Å². The maximum atomic E-state index is 14.0. The maximum absolute atomic E-state index is 14.0. The van der Waals surface area contributed by atoms with Crippen LogP contribution in [0.1, 0.15) is 77.3 Å². The molecule has 0 aliphatic carbocycles. The first-order valence-corrected chi connectivity index (χ1v) is 21.9. The summed E-state index contributed by atoms with van der Waals surface area (Å²) in [7, 11) is 7.14. The normalized spacial score (nSPS) is 17.3. The molecule has 0 aromatic heterocycles. The van der Waals surface area contributed by atoms with Crippen molar-refractivity contribution in [1.82, 2.24) is 24.9 Å². The third-order valence-corrected chi connectivity index (χ3v) is 12.4. The molecule has 2 aromatic carbocycles. The summed E-state index contributed by atoms with van der Waals surface area (Å²) in [6, 6.07) is 20.7. The molecule has 56 heavy (non-hydrogen) atoms. The van der Waals surface area contributed by atoms with Gasteiger partial charge in [-0.1, -0.05) is 88.4 Å². The van der Waals surface area contributed by atoms with Gasteiger partial charge >= 0.3 is 0 Å². The monoisotopic (exact) mass is 794 g/mol. The Balaban J connectivity index is 1.49. The fourth-order valence-electron chi connectivity index (χ4n) is 7.85. The molecule has 1 heterocycles. The Hall–Kier alpha value is -3.25. The molecule has 2 aromatic rings. The number of carbonyl (C=O) groups excluding carboxylic acids is 4. The number of Topliss-reactive ketones (excluding diaryl/α,β-unsaturated/α-hetero) is 1. The number of rotatable bonds is 25. The van der Waals surface area contributed by atoms with E-state index in [2.05, 4.69) is 40.7 Å². The van der Waals surface area contributed by atoms with Gasteiger partial charge in [0.1, 0.15) is 5.78 Å². The Morgan fingerprint density at radius 3 is 2.12 bits per heavy atom. The zero-order valence-electron chi connectivity index (χ0n) is 35.7. The number of hydrogen-bond acceptors (Lipinski definition) is 8. The molecule has 0 radical (unpaired) electrons. The van der Waals surface area contributed by atoms with E-state index in [9.17, 15) is 19.2 Å². The topological polar surface area (TPSA) is 102 Å². The van der Waals surface area contributed by atoms with Crippen LogP contribution in [0.25, 0.3) is 0 Å². The van der Waals surface area contributed by atoms with Crippen molar-refractivity contribution < 1.29 is 23.9 Å². The Labute approximate surface area is 342 Å². The molecule has 1 aliphatic heterocycles. The first-order chi connectivity index (χ1) is 26.7. The second kappa shape index (κ2) is 24.5. The van der Waals surface area contributed by atoms with Crippen LogP contribution in [0.3, 0.4) is 0 Å². The molecule has 3 rings (SSSR count). The number of benzene rings is 2. The highest BCUT2D eigenvalue weighted by Gasteiger charge is 2.34. The van der Waals surface area contributed by atoms with Gasteiger partial charge in [-0.2, -0.15) is 11.8 Å². The lowest BCUT2D eigenvalue weighted by Crippen LogP contribution is -2.47. The zero-order chi connectivity index (χ0) is 41.2. The average Bonchev–Trinajstić information content (AvgIpc) is 3.65. The van der Waals surface area contributed by atoms with E-state index < -0.39 is 6.10 Å². The molecule has 1 saturated heterocycles. The lowest BCUT2D eigenvalue weighted by atomic mass is 9.96. The molecule has 11 heteroatoms. The second-order valence-corrected chi connectivity index (χ2v) is 17.5. The minimum absolute atomic E-state index is 0.0276. The van der Waals surface area contributed by atoms with Crippen molar-refractivity contribution in [2.45, 2.75) is 103 Å². The predicted molar refractivity (Wildman–Crippen MR) is 229 cm³/mol. The zero-order valence-corrected chi connectivity index (χ0v) is 36.6. The highest BCUT2D eigenvalue weighted by atomic mass is 32.2. The molecule has 1 aliphatic rings. The van der Waals surface area contributed by atoms with Crippen LogP contribution < -0.4 is 5.32 Å². The number of methoxy groups -OCH3 is 1.